The molecule has 3 heteroatoms. The van der Waals surface area contributed by atoms with Crippen LogP contribution in [0.15, 0.2) is 24.3 Å². The second-order valence-electron chi connectivity index (χ2n) is 5.38. The second-order valence-corrected chi connectivity index (χ2v) is 5.38. The lowest BCUT2D eigenvalue weighted by molar-refractivity contribution is -0.118. The Morgan fingerprint density at radius 3 is 2.53 bits per heavy atom. The molecule has 0 radical (unpaired) electrons. The number of benzene rings is 1. The molecular formula is C14H20N2O. The zero-order valence-corrected chi connectivity index (χ0v) is 10.8. The molecule has 1 amide bonds. The van der Waals surface area contributed by atoms with Crippen molar-refractivity contribution in [2.75, 3.05) is 18.0 Å². The molecule has 1 saturated heterocycles. The SMILES string of the molecule is Cc1ccc(N2CC(C)(C)NCCC2=O)cc1. The molecule has 1 aliphatic heterocycles. The first-order valence-corrected chi connectivity index (χ1v) is 6.10. The zero-order chi connectivity index (χ0) is 12.5. The van der Waals surface area contributed by atoms with E-state index < -0.39 is 0 Å². The number of carbonyl (C=O) groups is 1. The van der Waals surface area contributed by atoms with Gasteiger partial charge in [0.25, 0.3) is 0 Å². The summed E-state index contributed by atoms with van der Waals surface area (Å²) >= 11 is 0. The standard InChI is InChI=1S/C14H20N2O/c1-11-4-6-12(7-5-11)16-10-14(2,3)15-9-8-13(16)17/h4-7,15H,8-10H2,1-3H3. The van der Waals surface area contributed by atoms with E-state index in [1.54, 1.807) is 0 Å². The molecule has 0 unspecified atom stereocenters. The van der Waals surface area contributed by atoms with Crippen LogP contribution in [0.3, 0.4) is 0 Å². The molecule has 1 heterocycles. The number of aryl methyl sites for hydroxylation is 1. The number of carbonyl (C=O) groups excluding carboxylic acids is 1. The molecule has 2 rings (SSSR count). The first-order chi connectivity index (χ1) is 7.98. The first kappa shape index (κ1) is 12.1. The summed E-state index contributed by atoms with van der Waals surface area (Å²) in [5, 5.41) is 3.40. The molecule has 92 valence electrons. The van der Waals surface area contributed by atoms with Gasteiger partial charge in [0.1, 0.15) is 0 Å². The van der Waals surface area contributed by atoms with Gasteiger partial charge in [0.05, 0.1) is 0 Å². The summed E-state index contributed by atoms with van der Waals surface area (Å²) in [6.07, 6.45) is 0.567. The topological polar surface area (TPSA) is 32.3 Å². The third kappa shape index (κ3) is 2.86. The lowest BCUT2D eigenvalue weighted by Gasteiger charge is -2.30. The van der Waals surface area contributed by atoms with Crippen LogP contribution in [-0.2, 0) is 4.79 Å². The van der Waals surface area contributed by atoms with E-state index in [-0.39, 0.29) is 11.4 Å². The van der Waals surface area contributed by atoms with Crippen LogP contribution in [0, 0.1) is 6.92 Å². The predicted molar refractivity (Wildman–Crippen MR) is 70.2 cm³/mol. The zero-order valence-electron chi connectivity index (χ0n) is 10.8. The summed E-state index contributed by atoms with van der Waals surface area (Å²) in [5.74, 6) is 0.201. The minimum absolute atomic E-state index is 0.0307. The lowest BCUT2D eigenvalue weighted by atomic mass is 10.1. The minimum atomic E-state index is -0.0307. The molecule has 0 aliphatic carbocycles. The van der Waals surface area contributed by atoms with Crippen LogP contribution >= 0.6 is 0 Å². The lowest BCUT2D eigenvalue weighted by Crippen LogP contribution is -2.47. The maximum absolute atomic E-state index is 12.1. The average Bonchev–Trinajstić information content (AvgIpc) is 2.39. The quantitative estimate of drug-likeness (QED) is 0.804. The van der Waals surface area contributed by atoms with E-state index in [9.17, 15) is 4.79 Å². The number of nitrogens with one attached hydrogen (secondary N) is 1. The highest BCUT2D eigenvalue weighted by Gasteiger charge is 2.28. The van der Waals surface area contributed by atoms with Crippen LogP contribution in [0.2, 0.25) is 0 Å². The van der Waals surface area contributed by atoms with Gasteiger partial charge in [-0.05, 0) is 32.9 Å². The van der Waals surface area contributed by atoms with Crippen molar-refractivity contribution in [1.29, 1.82) is 0 Å². The fourth-order valence-corrected chi connectivity index (χ4v) is 2.14. The highest BCUT2D eigenvalue weighted by atomic mass is 16.2. The van der Waals surface area contributed by atoms with E-state index in [4.69, 9.17) is 0 Å². The number of nitrogens with zero attached hydrogens (tertiary/aromatic N) is 1. The number of hydrogen-bond acceptors (Lipinski definition) is 2. The van der Waals surface area contributed by atoms with Gasteiger partial charge in [0.2, 0.25) is 5.91 Å². The van der Waals surface area contributed by atoms with Crippen LogP contribution in [0.1, 0.15) is 25.8 Å². The molecule has 1 aromatic carbocycles. The van der Waals surface area contributed by atoms with Crippen LogP contribution in [-0.4, -0.2) is 24.5 Å². The molecule has 1 aromatic rings. The maximum Gasteiger partial charge on any atom is 0.228 e. The summed E-state index contributed by atoms with van der Waals surface area (Å²) in [6.45, 7) is 7.79. The Balaban J connectivity index is 2.27. The minimum Gasteiger partial charge on any atom is -0.311 e. The first-order valence-electron chi connectivity index (χ1n) is 6.10. The van der Waals surface area contributed by atoms with Gasteiger partial charge in [-0.1, -0.05) is 17.7 Å². The molecule has 0 aromatic heterocycles. The van der Waals surface area contributed by atoms with Crippen molar-refractivity contribution in [1.82, 2.24) is 5.32 Å². The number of amides is 1. The van der Waals surface area contributed by atoms with Crippen molar-refractivity contribution in [3.05, 3.63) is 29.8 Å². The van der Waals surface area contributed by atoms with Crippen molar-refractivity contribution in [2.24, 2.45) is 0 Å². The number of rotatable bonds is 1. The Bertz CT molecular complexity index is 409. The molecule has 0 bridgehead atoms. The molecule has 1 fully saturated rings. The Hall–Kier alpha value is -1.35. The van der Waals surface area contributed by atoms with Gasteiger partial charge >= 0.3 is 0 Å². The molecule has 1 N–H and O–H groups in total. The van der Waals surface area contributed by atoms with Crippen molar-refractivity contribution in [3.8, 4) is 0 Å². The van der Waals surface area contributed by atoms with Gasteiger partial charge in [0.15, 0.2) is 0 Å². The normalized spacial score (nSPS) is 20.2. The van der Waals surface area contributed by atoms with E-state index in [0.29, 0.717) is 6.42 Å². The van der Waals surface area contributed by atoms with Gasteiger partial charge in [-0.25, -0.2) is 0 Å². The van der Waals surface area contributed by atoms with Crippen LogP contribution in [0.4, 0.5) is 5.69 Å². The third-order valence-corrected chi connectivity index (χ3v) is 3.14. The Morgan fingerprint density at radius 1 is 1.24 bits per heavy atom. The summed E-state index contributed by atoms with van der Waals surface area (Å²) < 4.78 is 0. The second kappa shape index (κ2) is 4.49. The largest absolute Gasteiger partial charge is 0.311 e. The van der Waals surface area contributed by atoms with Crippen molar-refractivity contribution >= 4 is 11.6 Å². The van der Waals surface area contributed by atoms with Crippen molar-refractivity contribution in [2.45, 2.75) is 32.7 Å². The van der Waals surface area contributed by atoms with E-state index in [1.165, 1.54) is 5.56 Å². The van der Waals surface area contributed by atoms with Crippen LogP contribution in [0.5, 0.6) is 0 Å². The van der Waals surface area contributed by atoms with Gasteiger partial charge in [-0.3, -0.25) is 4.79 Å². The molecular weight excluding hydrogens is 212 g/mol. The molecule has 0 atom stereocenters. The average molecular weight is 232 g/mol. The monoisotopic (exact) mass is 232 g/mol. The molecule has 3 nitrogen and oxygen atoms in total. The molecule has 17 heavy (non-hydrogen) atoms. The van der Waals surface area contributed by atoms with Gasteiger partial charge in [0, 0.05) is 30.7 Å². The highest BCUT2D eigenvalue weighted by molar-refractivity contribution is 5.94. The summed E-state index contributed by atoms with van der Waals surface area (Å²) in [4.78, 5) is 14.0. The predicted octanol–water partition coefficient (Wildman–Crippen LogP) is 2.10. The molecule has 1 aliphatic rings. The third-order valence-electron chi connectivity index (χ3n) is 3.14. The van der Waals surface area contributed by atoms with Crippen LogP contribution < -0.4 is 10.2 Å². The van der Waals surface area contributed by atoms with E-state index >= 15 is 0 Å². The van der Waals surface area contributed by atoms with E-state index in [1.807, 2.05) is 29.2 Å². The fraction of sp³-hybridized carbons (Fsp3) is 0.500. The van der Waals surface area contributed by atoms with E-state index in [2.05, 4.69) is 26.1 Å². The van der Waals surface area contributed by atoms with Crippen LogP contribution in [0.25, 0.3) is 0 Å². The Kier molecular flexibility index (Phi) is 3.20. The smallest absolute Gasteiger partial charge is 0.228 e. The summed E-state index contributed by atoms with van der Waals surface area (Å²) in [6, 6.07) is 8.14. The maximum atomic E-state index is 12.1. The van der Waals surface area contributed by atoms with Crippen molar-refractivity contribution < 1.29 is 4.79 Å². The van der Waals surface area contributed by atoms with Gasteiger partial charge < -0.3 is 10.2 Å². The van der Waals surface area contributed by atoms with Crippen molar-refractivity contribution in [3.63, 3.8) is 0 Å². The molecule has 0 saturated carbocycles. The Labute approximate surface area is 103 Å². The van der Waals surface area contributed by atoms with Gasteiger partial charge in [-0.2, -0.15) is 0 Å². The summed E-state index contributed by atoms with van der Waals surface area (Å²) in [7, 11) is 0. The van der Waals surface area contributed by atoms with Gasteiger partial charge in [-0.15, -0.1) is 0 Å². The summed E-state index contributed by atoms with van der Waals surface area (Å²) in [5.41, 5.74) is 2.18. The number of anilines is 1. The van der Waals surface area contributed by atoms with E-state index in [0.717, 1.165) is 18.8 Å². The highest BCUT2D eigenvalue weighted by Crippen LogP contribution is 2.21. The molecule has 0 spiro atoms. The fourth-order valence-electron chi connectivity index (χ4n) is 2.14. The number of hydrogen-bond donors (Lipinski definition) is 1. The Morgan fingerprint density at radius 2 is 1.88 bits per heavy atom.